The summed E-state index contributed by atoms with van der Waals surface area (Å²) in [6, 6.07) is 48.1. The Morgan fingerprint density at radius 1 is 0.659 bits per heavy atom. The minimum Gasteiger partial charge on any atom is -0.390 e. The Kier molecular flexibility index (Phi) is 19.8. The highest BCUT2D eigenvalue weighted by atomic mass is 79.9. The zero-order valence-electron chi connectivity index (χ0n) is 50.2. The molecule has 4 heterocycles. The van der Waals surface area contributed by atoms with E-state index in [-0.39, 0.29) is 52.5 Å². The van der Waals surface area contributed by atoms with Crippen molar-refractivity contribution in [1.82, 2.24) is 27.8 Å². The number of hydrogen-bond acceptors (Lipinski definition) is 8. The van der Waals surface area contributed by atoms with Crippen molar-refractivity contribution in [3.05, 3.63) is 282 Å². The fourth-order valence-corrected chi connectivity index (χ4v) is 14.6. The molecule has 88 heavy (non-hydrogen) atoms. The molecule has 0 amide bonds. The van der Waals surface area contributed by atoms with Crippen LogP contribution in [-0.2, 0) is 17.8 Å². The number of benzene rings is 5. The van der Waals surface area contributed by atoms with E-state index in [0.717, 1.165) is 52.0 Å². The lowest BCUT2D eigenvalue weighted by atomic mass is 9.49. The van der Waals surface area contributed by atoms with Gasteiger partial charge in [-0.3, -0.25) is 42.2 Å². The zero-order chi connectivity index (χ0) is 62.1. The van der Waals surface area contributed by atoms with Crippen LogP contribution in [0.15, 0.2) is 204 Å². The molecule has 1 unspecified atom stereocenters. The van der Waals surface area contributed by atoms with Gasteiger partial charge in [-0.05, 0) is 113 Å². The summed E-state index contributed by atoms with van der Waals surface area (Å²) in [5.41, 5.74) is 6.84. The van der Waals surface area contributed by atoms with Crippen LogP contribution in [0.3, 0.4) is 0 Å². The Morgan fingerprint density at radius 3 is 1.61 bits per heavy atom. The van der Waals surface area contributed by atoms with Gasteiger partial charge >= 0.3 is 17.1 Å². The van der Waals surface area contributed by atoms with E-state index in [2.05, 4.69) is 57.9 Å². The Labute approximate surface area is 522 Å². The third-order valence-corrected chi connectivity index (χ3v) is 18.6. The molecule has 4 aliphatic carbocycles. The van der Waals surface area contributed by atoms with Gasteiger partial charge in [0, 0.05) is 31.6 Å². The first-order chi connectivity index (χ1) is 42.4. The van der Waals surface area contributed by atoms with Crippen LogP contribution in [0.1, 0.15) is 128 Å². The van der Waals surface area contributed by atoms with Gasteiger partial charge in [-0.15, -0.1) is 12.0 Å². The summed E-state index contributed by atoms with van der Waals surface area (Å²) in [5, 5.41) is 10.1. The van der Waals surface area contributed by atoms with Crippen molar-refractivity contribution in [2.24, 2.45) is 23.2 Å². The molecule has 3 aromatic heterocycles. The minimum atomic E-state index is -1.65. The molecule has 0 radical (unpaired) electrons. The van der Waals surface area contributed by atoms with Crippen LogP contribution in [0.2, 0.25) is 19.6 Å². The molecule has 13 rings (SSSR count). The van der Waals surface area contributed by atoms with Gasteiger partial charge in [0.25, 0.3) is 16.7 Å². The lowest BCUT2D eigenvalue weighted by molar-refractivity contribution is -0.0594. The highest BCUT2D eigenvalue weighted by Gasteiger charge is 2.50. The number of nitrogens with zero attached hydrogens (tertiary/aromatic N) is 5. The van der Waals surface area contributed by atoms with Crippen LogP contribution >= 0.6 is 15.9 Å². The number of nitrogens with one attached hydrogen (secondary N) is 1. The van der Waals surface area contributed by atoms with Crippen molar-refractivity contribution in [2.75, 3.05) is 0 Å². The molecule has 5 fully saturated rings. The monoisotopic (exact) mass is 1260 g/mol. The molecule has 5 aliphatic rings. The van der Waals surface area contributed by atoms with E-state index >= 15 is 0 Å². The zero-order valence-corrected chi connectivity index (χ0v) is 52.8. The molecule has 14 nitrogen and oxygen atoms in total. The number of aliphatic hydroxyl groups is 1. The van der Waals surface area contributed by atoms with Crippen LogP contribution < -0.4 is 33.7 Å². The first-order valence-electron chi connectivity index (χ1n) is 30.4. The molecule has 4 bridgehead atoms. The second-order valence-corrected chi connectivity index (χ2v) is 30.2. The van der Waals surface area contributed by atoms with E-state index in [0.29, 0.717) is 30.5 Å². The number of aromatic nitrogens is 6. The summed E-state index contributed by atoms with van der Waals surface area (Å²) in [6.07, 6.45) is 20.3. The number of H-pyrrole nitrogens is 1. The smallest absolute Gasteiger partial charge is 0.333 e. The van der Waals surface area contributed by atoms with Crippen molar-refractivity contribution in [2.45, 2.75) is 128 Å². The van der Waals surface area contributed by atoms with Crippen LogP contribution in [0.5, 0.6) is 0 Å². The topological polar surface area (TPSA) is 172 Å². The molecule has 4 saturated carbocycles. The van der Waals surface area contributed by atoms with Gasteiger partial charge in [-0.25, -0.2) is 14.4 Å². The minimum absolute atomic E-state index is 0.176. The number of aliphatic hydroxyl groups excluding tert-OH is 1. The standard InChI is InChI=1S/C31H32N2O2.C22H22N2O2Si.C19H21BrN2O4/c1-2-25-21-33(28(26-9-5-3-6-10-26)27-11-7-4-8-12-27)30(35)32(29(25)34)14-13-31-18-22-15-23(19-31)17-24(16-22)20-31;1-27(2,3)15-14-19-16-24(22(26)23-21(19)25)20(17-10-6-4-7-11-17)18-12-8-5-9-13-18;1-2-16-15(23)10-17(26-16)21-12-14(8-9-20)18(24)22(19(21)25)11-13-6-4-3-5-7-13/h1,3-12,21-24,28H,13-20H2;4-13,16,20H,1-3H3,(H,23,25,26);3-9,12,15-17,23H,2,10-11H2,1H3/b;;9-8+/t;;15?,16-,17-/m..0/s1. The third kappa shape index (κ3) is 14.4. The van der Waals surface area contributed by atoms with Gasteiger partial charge in [0.15, 0.2) is 0 Å². The molecule has 0 spiro atoms. The fourth-order valence-electron chi connectivity index (χ4n) is 13.8. The van der Waals surface area contributed by atoms with Gasteiger partial charge in [0.2, 0.25) is 0 Å². The Hall–Kier alpha value is -8.38. The molecule has 5 aromatic carbocycles. The van der Waals surface area contributed by atoms with Gasteiger partial charge < -0.3 is 9.84 Å². The van der Waals surface area contributed by atoms with Gasteiger partial charge in [-0.1, -0.05) is 206 Å². The van der Waals surface area contributed by atoms with E-state index in [4.69, 9.17) is 11.2 Å². The summed E-state index contributed by atoms with van der Waals surface area (Å²) in [7, 11) is -1.65. The summed E-state index contributed by atoms with van der Waals surface area (Å²) >= 11 is 3.18. The SMILES string of the molecule is C#Cc1cn(C(c2ccccc2)c2ccccc2)c(=O)n(CCC23CC4CC(CC(C4)C2)C3)c1=O.CC[C@@H]1O[C@H](n2cc(/C=C/Br)c(=O)n(Cc3ccccc3)c2=O)CC1O.C[Si](C)(C)C#Cc1cn(C(c2ccccc2)c2ccccc2)c(=O)[nH]c1=O. The maximum absolute atomic E-state index is 13.9. The largest absolute Gasteiger partial charge is 0.390 e. The lowest BCUT2D eigenvalue weighted by Gasteiger charge is -2.57. The van der Waals surface area contributed by atoms with E-state index < -0.39 is 37.3 Å². The number of aromatic amines is 1. The van der Waals surface area contributed by atoms with Crippen molar-refractivity contribution in [1.29, 1.82) is 0 Å². The third-order valence-electron chi connectivity index (χ3n) is 17.5. The van der Waals surface area contributed by atoms with Crippen molar-refractivity contribution in [3.8, 4) is 23.8 Å². The second kappa shape index (κ2) is 27.8. The molecular formula is C72H75BrN6O8Si. The number of terminal acetylenes is 1. The lowest BCUT2D eigenvalue weighted by Crippen LogP contribution is -2.48. The van der Waals surface area contributed by atoms with Crippen molar-refractivity contribution < 1.29 is 9.84 Å². The molecule has 8 aromatic rings. The van der Waals surface area contributed by atoms with Gasteiger partial charge in [-0.2, -0.15) is 0 Å². The van der Waals surface area contributed by atoms with Crippen LogP contribution in [0, 0.1) is 47.0 Å². The summed E-state index contributed by atoms with van der Waals surface area (Å²) < 4.78 is 13.1. The maximum atomic E-state index is 13.9. The van der Waals surface area contributed by atoms with Crippen LogP contribution in [0.4, 0.5) is 0 Å². The van der Waals surface area contributed by atoms with E-state index in [9.17, 15) is 33.9 Å². The number of halogens is 1. The van der Waals surface area contributed by atoms with E-state index in [1.54, 1.807) is 32.6 Å². The summed E-state index contributed by atoms with van der Waals surface area (Å²) in [6.45, 7) is 8.88. The average Bonchev–Trinajstić information content (AvgIpc) is 1.14. The first kappa shape index (κ1) is 62.7. The van der Waals surface area contributed by atoms with Crippen molar-refractivity contribution >= 4 is 30.1 Å². The van der Waals surface area contributed by atoms with Crippen LogP contribution in [0.25, 0.3) is 6.08 Å². The summed E-state index contributed by atoms with van der Waals surface area (Å²) in [4.78, 5) is 81.8. The molecule has 2 N–H and O–H groups in total. The number of ether oxygens (including phenoxy) is 1. The molecule has 452 valence electrons. The Bertz CT molecular complexity index is 4130. The number of hydrogen-bond donors (Lipinski definition) is 2. The Balaban J connectivity index is 0.000000148. The van der Waals surface area contributed by atoms with Gasteiger partial charge in [0.05, 0.1) is 36.4 Å². The van der Waals surface area contributed by atoms with E-state index in [1.165, 1.54) is 58.4 Å². The normalized spacial score (nSPS) is 20.8. The highest BCUT2D eigenvalue weighted by molar-refractivity contribution is 9.11. The quantitative estimate of drug-likeness (QED) is 0.0800. The second-order valence-electron chi connectivity index (χ2n) is 24.9. The fraction of sp³-hybridized carbons (Fsp3) is 0.333. The predicted molar refractivity (Wildman–Crippen MR) is 353 cm³/mol. The molecule has 1 aliphatic heterocycles. The Morgan fingerprint density at radius 2 is 1.15 bits per heavy atom. The molecule has 3 atom stereocenters. The summed E-state index contributed by atoms with van der Waals surface area (Å²) in [5.74, 6) is 8.07. The first-order valence-corrected chi connectivity index (χ1v) is 34.8. The molecular weight excluding hydrogens is 1180 g/mol. The average molecular weight is 1260 g/mol. The predicted octanol–water partition coefficient (Wildman–Crippen LogP) is 11.1. The maximum Gasteiger partial charge on any atom is 0.333 e. The molecule has 16 heteroatoms. The molecule has 1 saturated heterocycles. The van der Waals surface area contributed by atoms with E-state index in [1.807, 2.05) is 159 Å². The highest BCUT2D eigenvalue weighted by Crippen LogP contribution is 2.61. The number of rotatable bonds is 14. The van der Waals surface area contributed by atoms with Crippen LogP contribution in [-0.4, -0.2) is 53.2 Å². The van der Waals surface area contributed by atoms with Gasteiger partial charge in [0.1, 0.15) is 25.4 Å². The van der Waals surface area contributed by atoms with Crippen molar-refractivity contribution in [3.63, 3.8) is 0 Å².